The van der Waals surface area contributed by atoms with Gasteiger partial charge in [-0.05, 0) is 24.3 Å². The largest absolute Gasteiger partial charge is 0.492 e. The summed E-state index contributed by atoms with van der Waals surface area (Å²) < 4.78 is 5.50. The van der Waals surface area contributed by atoms with Gasteiger partial charge in [0.2, 0.25) is 5.91 Å². The Morgan fingerprint density at radius 1 is 1.11 bits per heavy atom. The Hall–Kier alpha value is -3.19. The second-order valence-corrected chi connectivity index (χ2v) is 6.41. The summed E-state index contributed by atoms with van der Waals surface area (Å²) in [6.45, 7) is 0.744. The van der Waals surface area contributed by atoms with Crippen molar-refractivity contribution in [1.82, 2.24) is 20.5 Å². The first-order chi connectivity index (χ1) is 13.6. The first kappa shape index (κ1) is 19.6. The molecular formula is C20H19ClN4O3. The van der Waals surface area contributed by atoms with Gasteiger partial charge in [0.1, 0.15) is 18.1 Å². The van der Waals surface area contributed by atoms with Crippen molar-refractivity contribution in [3.8, 4) is 17.1 Å². The van der Waals surface area contributed by atoms with Crippen LogP contribution in [0.3, 0.4) is 0 Å². The number of aromatic amines is 1. The van der Waals surface area contributed by atoms with Crippen LogP contribution in [0.15, 0.2) is 59.4 Å². The molecular weight excluding hydrogens is 380 g/mol. The lowest BCUT2D eigenvalue weighted by Crippen LogP contribution is -2.29. The molecule has 0 unspecified atom stereocenters. The third-order valence-electron chi connectivity index (χ3n) is 3.89. The van der Waals surface area contributed by atoms with Gasteiger partial charge >= 0.3 is 0 Å². The van der Waals surface area contributed by atoms with Crippen molar-refractivity contribution < 1.29 is 9.53 Å². The number of nitrogens with zero attached hydrogens (tertiary/aromatic N) is 2. The second-order valence-electron chi connectivity index (χ2n) is 5.97. The number of halogens is 1. The summed E-state index contributed by atoms with van der Waals surface area (Å²) in [6.07, 6.45) is 0.336. The standard InChI is InChI=1S/C20H19ClN4O3/c21-15-6-4-5-14(13-15)19-23-20(27)17(24-25-19)9-10-18(26)22-11-12-28-16-7-2-1-3-8-16/h1-8,13H,9-12H2,(H,22,26)(H,23,25,27). The Morgan fingerprint density at radius 3 is 2.68 bits per heavy atom. The zero-order valence-corrected chi connectivity index (χ0v) is 15.8. The molecule has 0 atom stereocenters. The number of hydrogen-bond donors (Lipinski definition) is 2. The molecule has 2 N–H and O–H groups in total. The number of ether oxygens (including phenoxy) is 1. The zero-order chi connectivity index (χ0) is 19.8. The molecule has 1 heterocycles. The average molecular weight is 399 g/mol. The SMILES string of the molecule is O=C(CCc1nnc(-c2cccc(Cl)c2)[nH]c1=O)NCCOc1ccccc1. The van der Waals surface area contributed by atoms with Crippen LogP contribution in [-0.4, -0.2) is 34.2 Å². The molecule has 0 aliphatic carbocycles. The monoisotopic (exact) mass is 398 g/mol. The number of benzene rings is 2. The van der Waals surface area contributed by atoms with E-state index < -0.39 is 0 Å². The van der Waals surface area contributed by atoms with Gasteiger partial charge in [-0.25, -0.2) is 0 Å². The van der Waals surface area contributed by atoms with E-state index in [1.54, 1.807) is 24.3 Å². The predicted octanol–water partition coefficient (Wildman–Crippen LogP) is 2.61. The summed E-state index contributed by atoms with van der Waals surface area (Å²) in [6, 6.07) is 16.3. The highest BCUT2D eigenvalue weighted by atomic mass is 35.5. The van der Waals surface area contributed by atoms with Crippen molar-refractivity contribution in [1.29, 1.82) is 0 Å². The first-order valence-electron chi connectivity index (χ1n) is 8.78. The summed E-state index contributed by atoms with van der Waals surface area (Å²) in [5, 5.41) is 11.3. The molecule has 8 heteroatoms. The maximum atomic E-state index is 12.2. The van der Waals surface area contributed by atoms with Crippen molar-refractivity contribution in [3.63, 3.8) is 0 Å². The van der Waals surface area contributed by atoms with Crippen molar-refractivity contribution in [2.45, 2.75) is 12.8 Å². The number of aryl methyl sites for hydroxylation is 1. The van der Waals surface area contributed by atoms with E-state index in [-0.39, 0.29) is 30.0 Å². The Morgan fingerprint density at radius 2 is 1.93 bits per heavy atom. The van der Waals surface area contributed by atoms with Gasteiger partial charge in [0.15, 0.2) is 5.82 Å². The van der Waals surface area contributed by atoms with Gasteiger partial charge in [-0.15, -0.1) is 10.2 Å². The van der Waals surface area contributed by atoms with Crippen LogP contribution < -0.4 is 15.6 Å². The third-order valence-corrected chi connectivity index (χ3v) is 4.12. The molecule has 0 saturated heterocycles. The lowest BCUT2D eigenvalue weighted by molar-refractivity contribution is -0.121. The molecule has 1 amide bonds. The summed E-state index contributed by atoms with van der Waals surface area (Å²) in [7, 11) is 0. The van der Waals surface area contributed by atoms with E-state index in [2.05, 4.69) is 20.5 Å². The minimum absolute atomic E-state index is 0.139. The van der Waals surface area contributed by atoms with E-state index in [4.69, 9.17) is 16.3 Å². The molecule has 7 nitrogen and oxygen atoms in total. The number of rotatable bonds is 8. The van der Waals surface area contributed by atoms with Crippen molar-refractivity contribution >= 4 is 17.5 Å². The Balaban J connectivity index is 1.46. The number of hydrogen-bond acceptors (Lipinski definition) is 5. The minimum Gasteiger partial charge on any atom is -0.492 e. The van der Waals surface area contributed by atoms with Gasteiger partial charge in [0, 0.05) is 23.4 Å². The second kappa shape index (κ2) is 9.66. The fourth-order valence-corrected chi connectivity index (χ4v) is 2.68. The summed E-state index contributed by atoms with van der Waals surface area (Å²) >= 11 is 5.94. The Bertz CT molecular complexity index is 992. The van der Waals surface area contributed by atoms with E-state index in [0.29, 0.717) is 29.6 Å². The van der Waals surface area contributed by atoms with Crippen LogP contribution in [0.1, 0.15) is 12.1 Å². The molecule has 0 bridgehead atoms. The molecule has 0 saturated carbocycles. The van der Waals surface area contributed by atoms with Gasteiger partial charge < -0.3 is 15.0 Å². The number of carbonyl (C=O) groups excluding carboxylic acids is 1. The summed E-state index contributed by atoms with van der Waals surface area (Å²) in [4.78, 5) is 26.8. The molecule has 3 aromatic rings. The normalized spacial score (nSPS) is 10.5. The number of para-hydroxylation sites is 1. The number of carbonyl (C=O) groups is 1. The van der Waals surface area contributed by atoms with Crippen LogP contribution in [-0.2, 0) is 11.2 Å². The van der Waals surface area contributed by atoms with Gasteiger partial charge in [0.05, 0.1) is 6.54 Å². The molecule has 0 aliphatic heterocycles. The molecule has 0 fully saturated rings. The van der Waals surface area contributed by atoms with Crippen LogP contribution in [0.25, 0.3) is 11.4 Å². The lowest BCUT2D eigenvalue weighted by Gasteiger charge is -2.07. The topological polar surface area (TPSA) is 97.0 Å². The summed E-state index contributed by atoms with van der Waals surface area (Å²) in [5.74, 6) is 0.897. The van der Waals surface area contributed by atoms with Crippen molar-refractivity contribution in [2.24, 2.45) is 0 Å². The summed E-state index contributed by atoms with van der Waals surface area (Å²) in [5.41, 5.74) is 0.506. The maximum Gasteiger partial charge on any atom is 0.273 e. The van der Waals surface area contributed by atoms with Gasteiger partial charge in [0.25, 0.3) is 5.56 Å². The Kier molecular flexibility index (Phi) is 6.75. The molecule has 3 rings (SSSR count). The van der Waals surface area contributed by atoms with Crippen LogP contribution >= 0.6 is 11.6 Å². The van der Waals surface area contributed by atoms with E-state index in [0.717, 1.165) is 5.75 Å². The number of aromatic nitrogens is 3. The smallest absolute Gasteiger partial charge is 0.273 e. The molecule has 0 spiro atoms. The highest BCUT2D eigenvalue weighted by molar-refractivity contribution is 6.30. The number of H-pyrrole nitrogens is 1. The van der Waals surface area contributed by atoms with Crippen molar-refractivity contribution in [3.05, 3.63) is 75.7 Å². The molecule has 2 aromatic carbocycles. The number of amides is 1. The van der Waals surface area contributed by atoms with Gasteiger partial charge in [-0.3, -0.25) is 9.59 Å². The average Bonchev–Trinajstić information content (AvgIpc) is 2.71. The molecule has 1 aromatic heterocycles. The first-order valence-corrected chi connectivity index (χ1v) is 9.16. The molecule has 0 aliphatic rings. The van der Waals surface area contributed by atoms with Crippen molar-refractivity contribution in [2.75, 3.05) is 13.2 Å². The van der Waals surface area contributed by atoms with E-state index in [1.165, 1.54) is 0 Å². The molecule has 0 radical (unpaired) electrons. The fourth-order valence-electron chi connectivity index (χ4n) is 2.49. The minimum atomic E-state index is -0.370. The van der Waals surface area contributed by atoms with Crippen LogP contribution in [0.4, 0.5) is 0 Å². The zero-order valence-electron chi connectivity index (χ0n) is 15.0. The van der Waals surface area contributed by atoms with E-state index in [9.17, 15) is 9.59 Å². The van der Waals surface area contributed by atoms with E-state index in [1.807, 2.05) is 30.3 Å². The van der Waals surface area contributed by atoms with Gasteiger partial charge in [-0.1, -0.05) is 41.9 Å². The lowest BCUT2D eigenvalue weighted by atomic mass is 10.2. The van der Waals surface area contributed by atoms with Crippen LogP contribution in [0.2, 0.25) is 5.02 Å². The van der Waals surface area contributed by atoms with E-state index >= 15 is 0 Å². The molecule has 144 valence electrons. The Labute approximate surface area is 166 Å². The quantitative estimate of drug-likeness (QED) is 0.568. The van der Waals surface area contributed by atoms with Gasteiger partial charge in [-0.2, -0.15) is 0 Å². The highest BCUT2D eigenvalue weighted by Crippen LogP contribution is 2.17. The van der Waals surface area contributed by atoms with Crippen LogP contribution in [0, 0.1) is 0 Å². The fraction of sp³-hybridized carbons (Fsp3) is 0.200. The predicted molar refractivity (Wildman–Crippen MR) is 106 cm³/mol. The highest BCUT2D eigenvalue weighted by Gasteiger charge is 2.09. The van der Waals surface area contributed by atoms with Crippen LogP contribution in [0.5, 0.6) is 5.75 Å². The molecule has 28 heavy (non-hydrogen) atoms. The number of nitrogens with one attached hydrogen (secondary N) is 2. The third kappa shape index (κ3) is 5.65. The maximum absolute atomic E-state index is 12.2.